The maximum atomic E-state index is 12.4. The molecule has 0 aromatic carbocycles. The van der Waals surface area contributed by atoms with E-state index in [4.69, 9.17) is 4.74 Å². The van der Waals surface area contributed by atoms with Crippen LogP contribution in [0, 0.1) is 0 Å². The topological polar surface area (TPSA) is 70.7 Å². The van der Waals surface area contributed by atoms with Crippen molar-refractivity contribution < 1.29 is 14.3 Å². The monoisotopic (exact) mass is 325 g/mol. The molecule has 0 aliphatic carbocycles. The smallest absolute Gasteiger partial charge is 0.263 e. The maximum Gasteiger partial charge on any atom is 0.263 e. The molecule has 2 N–H and O–H groups in total. The summed E-state index contributed by atoms with van der Waals surface area (Å²) in [5.41, 5.74) is 0.587. The number of morpholine rings is 1. The van der Waals surface area contributed by atoms with E-state index in [1.807, 2.05) is 19.2 Å². The van der Waals surface area contributed by atoms with Crippen LogP contribution in [0.5, 0.6) is 0 Å². The Bertz CT molecular complexity index is 512. The van der Waals surface area contributed by atoms with E-state index in [-0.39, 0.29) is 17.9 Å². The van der Waals surface area contributed by atoms with E-state index >= 15 is 0 Å². The Morgan fingerprint density at radius 2 is 2.14 bits per heavy atom. The van der Waals surface area contributed by atoms with Crippen molar-refractivity contribution in [3.63, 3.8) is 0 Å². The van der Waals surface area contributed by atoms with Crippen molar-refractivity contribution in [1.82, 2.24) is 10.2 Å². The van der Waals surface area contributed by atoms with E-state index in [2.05, 4.69) is 15.5 Å². The lowest BCUT2D eigenvalue weighted by atomic mass is 10.2. The highest BCUT2D eigenvalue weighted by atomic mass is 32.1. The van der Waals surface area contributed by atoms with Gasteiger partial charge in [0.2, 0.25) is 5.91 Å². The number of ether oxygens (including phenoxy) is 1. The molecule has 1 aromatic heterocycles. The van der Waals surface area contributed by atoms with Crippen LogP contribution in [0.15, 0.2) is 11.4 Å². The fourth-order valence-electron chi connectivity index (χ4n) is 2.27. The summed E-state index contributed by atoms with van der Waals surface area (Å²) >= 11 is 1.34. The van der Waals surface area contributed by atoms with Crippen LogP contribution in [0.3, 0.4) is 0 Å². The average molecular weight is 325 g/mol. The van der Waals surface area contributed by atoms with Crippen LogP contribution in [0.4, 0.5) is 5.69 Å². The van der Waals surface area contributed by atoms with E-state index in [9.17, 15) is 9.59 Å². The molecule has 7 heteroatoms. The zero-order valence-electron chi connectivity index (χ0n) is 13.1. The molecule has 1 atom stereocenters. The summed E-state index contributed by atoms with van der Waals surface area (Å²) in [6.07, 6.45) is 0.882. The second kappa shape index (κ2) is 8.26. The number of anilines is 1. The van der Waals surface area contributed by atoms with Crippen molar-refractivity contribution in [3.05, 3.63) is 16.3 Å². The molecule has 2 rings (SSSR count). The van der Waals surface area contributed by atoms with E-state index in [0.717, 1.165) is 19.5 Å². The molecule has 2 amide bonds. The zero-order chi connectivity index (χ0) is 15.9. The molecule has 0 radical (unpaired) electrons. The first kappa shape index (κ1) is 16.9. The van der Waals surface area contributed by atoms with Gasteiger partial charge in [0.15, 0.2) is 0 Å². The summed E-state index contributed by atoms with van der Waals surface area (Å²) in [6, 6.07) is 1.53. The van der Waals surface area contributed by atoms with Crippen LogP contribution in [0.1, 0.15) is 29.9 Å². The fourth-order valence-corrected chi connectivity index (χ4v) is 3.04. The molecule has 6 nitrogen and oxygen atoms in total. The number of hydrogen-bond acceptors (Lipinski definition) is 5. The van der Waals surface area contributed by atoms with Gasteiger partial charge >= 0.3 is 0 Å². The SMILES string of the molecule is CCCNC(=O)c1sccc1NC(=O)C(C)N1CCOCC1. The molecule has 22 heavy (non-hydrogen) atoms. The zero-order valence-corrected chi connectivity index (χ0v) is 13.9. The summed E-state index contributed by atoms with van der Waals surface area (Å²) in [7, 11) is 0. The minimum absolute atomic E-state index is 0.0927. The van der Waals surface area contributed by atoms with Crippen LogP contribution in [-0.2, 0) is 9.53 Å². The molecule has 0 saturated carbocycles. The highest BCUT2D eigenvalue weighted by Crippen LogP contribution is 2.22. The highest BCUT2D eigenvalue weighted by Gasteiger charge is 2.24. The van der Waals surface area contributed by atoms with Crippen molar-refractivity contribution in [2.75, 3.05) is 38.2 Å². The molecule has 1 aliphatic rings. The first-order valence-electron chi connectivity index (χ1n) is 7.61. The Hall–Kier alpha value is -1.44. The standard InChI is InChI=1S/C15H23N3O3S/c1-3-5-16-15(20)13-12(4-10-22-13)17-14(19)11(2)18-6-8-21-9-7-18/h4,10-11H,3,5-9H2,1-2H3,(H,16,20)(H,17,19). The van der Waals surface area contributed by atoms with Gasteiger partial charge in [0.1, 0.15) is 4.88 Å². The molecule has 122 valence electrons. The number of nitrogens with one attached hydrogen (secondary N) is 2. The van der Waals surface area contributed by atoms with E-state index < -0.39 is 0 Å². The Labute approximate surface area is 134 Å². The number of rotatable bonds is 6. The van der Waals surface area contributed by atoms with Crippen LogP contribution in [0.25, 0.3) is 0 Å². The second-order valence-corrected chi connectivity index (χ2v) is 6.15. The van der Waals surface area contributed by atoms with Crippen molar-refractivity contribution in [3.8, 4) is 0 Å². The Morgan fingerprint density at radius 1 is 1.41 bits per heavy atom. The summed E-state index contributed by atoms with van der Waals surface area (Å²) in [5.74, 6) is -0.226. The summed E-state index contributed by atoms with van der Waals surface area (Å²) in [5, 5.41) is 7.52. The van der Waals surface area contributed by atoms with Gasteiger partial charge in [-0.05, 0) is 24.8 Å². The lowest BCUT2D eigenvalue weighted by molar-refractivity contribution is -0.122. The van der Waals surface area contributed by atoms with Crippen molar-refractivity contribution in [1.29, 1.82) is 0 Å². The van der Waals surface area contributed by atoms with Gasteiger partial charge in [-0.15, -0.1) is 11.3 Å². The number of amides is 2. The second-order valence-electron chi connectivity index (χ2n) is 5.23. The maximum absolute atomic E-state index is 12.4. The third-order valence-electron chi connectivity index (χ3n) is 3.64. The quantitative estimate of drug-likeness (QED) is 0.832. The normalized spacial score (nSPS) is 17.0. The largest absolute Gasteiger partial charge is 0.379 e. The van der Waals surface area contributed by atoms with Gasteiger partial charge in [-0.3, -0.25) is 14.5 Å². The van der Waals surface area contributed by atoms with Crippen molar-refractivity contribution in [2.24, 2.45) is 0 Å². The van der Waals surface area contributed by atoms with Gasteiger partial charge < -0.3 is 15.4 Å². The number of nitrogens with zero attached hydrogens (tertiary/aromatic N) is 1. The fraction of sp³-hybridized carbons (Fsp3) is 0.600. The molecular weight excluding hydrogens is 302 g/mol. The number of carbonyl (C=O) groups is 2. The minimum atomic E-state index is -0.240. The third-order valence-corrected chi connectivity index (χ3v) is 4.55. The molecular formula is C15H23N3O3S. The van der Waals surface area contributed by atoms with E-state index in [1.165, 1.54) is 11.3 Å². The average Bonchev–Trinajstić information content (AvgIpc) is 3.00. The van der Waals surface area contributed by atoms with Gasteiger partial charge in [0.25, 0.3) is 5.91 Å². The predicted molar refractivity (Wildman–Crippen MR) is 87.4 cm³/mol. The summed E-state index contributed by atoms with van der Waals surface area (Å²) in [4.78, 5) is 27.1. The van der Waals surface area contributed by atoms with Gasteiger partial charge in [-0.1, -0.05) is 6.92 Å². The Morgan fingerprint density at radius 3 is 2.82 bits per heavy atom. The van der Waals surface area contributed by atoms with Crippen molar-refractivity contribution in [2.45, 2.75) is 26.3 Å². The minimum Gasteiger partial charge on any atom is -0.379 e. The lowest BCUT2D eigenvalue weighted by Crippen LogP contribution is -2.47. The van der Waals surface area contributed by atoms with Crippen molar-refractivity contribution >= 4 is 28.8 Å². The predicted octanol–water partition coefficient (Wildman–Crippen LogP) is 1.55. The molecule has 1 aliphatic heterocycles. The third kappa shape index (κ3) is 4.28. The van der Waals surface area contributed by atoms with Gasteiger partial charge in [-0.25, -0.2) is 0 Å². The Kier molecular flexibility index (Phi) is 6.35. The van der Waals surface area contributed by atoms with Crippen LogP contribution >= 0.6 is 11.3 Å². The molecule has 0 spiro atoms. The highest BCUT2D eigenvalue weighted by molar-refractivity contribution is 7.12. The molecule has 1 aromatic rings. The molecule has 0 bridgehead atoms. The lowest BCUT2D eigenvalue weighted by Gasteiger charge is -2.31. The van der Waals surface area contributed by atoms with Crippen LogP contribution in [-0.4, -0.2) is 55.6 Å². The van der Waals surface area contributed by atoms with Gasteiger partial charge in [-0.2, -0.15) is 0 Å². The molecule has 1 saturated heterocycles. The van der Waals surface area contributed by atoms with Gasteiger partial charge in [0, 0.05) is 19.6 Å². The summed E-state index contributed by atoms with van der Waals surface area (Å²) < 4.78 is 5.30. The number of carbonyl (C=O) groups excluding carboxylic acids is 2. The Balaban J connectivity index is 1.96. The van der Waals surface area contributed by atoms with Crippen LogP contribution < -0.4 is 10.6 Å². The van der Waals surface area contributed by atoms with E-state index in [1.54, 1.807) is 6.07 Å². The first-order chi connectivity index (χ1) is 10.6. The van der Waals surface area contributed by atoms with Gasteiger partial charge in [0.05, 0.1) is 24.9 Å². The molecule has 2 heterocycles. The molecule has 1 fully saturated rings. The van der Waals surface area contributed by atoms with Crippen LogP contribution in [0.2, 0.25) is 0 Å². The summed E-state index contributed by atoms with van der Waals surface area (Å²) in [6.45, 7) is 7.32. The van der Waals surface area contributed by atoms with E-state index in [0.29, 0.717) is 30.3 Å². The number of hydrogen-bond donors (Lipinski definition) is 2. The first-order valence-corrected chi connectivity index (χ1v) is 8.49. The molecule has 1 unspecified atom stereocenters. The number of thiophene rings is 1.